The first-order valence-electron chi connectivity index (χ1n) is 6.28. The fraction of sp³-hybridized carbons (Fsp3) is 0.769. The van der Waals surface area contributed by atoms with Gasteiger partial charge in [0.2, 0.25) is 0 Å². The van der Waals surface area contributed by atoms with E-state index < -0.39 is 0 Å². The number of hydrogen-bond donors (Lipinski definition) is 1. The number of esters is 1. The first-order chi connectivity index (χ1) is 7.83. The van der Waals surface area contributed by atoms with Gasteiger partial charge in [-0.1, -0.05) is 25.0 Å². The van der Waals surface area contributed by atoms with E-state index in [1.54, 1.807) is 6.08 Å². The number of carbonyl (C=O) groups is 1. The molecule has 0 aromatic heterocycles. The first-order valence-corrected chi connectivity index (χ1v) is 6.28. The smallest absolute Gasteiger partial charge is 0.309 e. The molecule has 16 heavy (non-hydrogen) atoms. The molecule has 0 aliphatic heterocycles. The summed E-state index contributed by atoms with van der Waals surface area (Å²) in [5.41, 5.74) is 0. The van der Waals surface area contributed by atoms with Crippen molar-refractivity contribution in [3.05, 3.63) is 12.2 Å². The highest BCUT2D eigenvalue weighted by molar-refractivity contribution is 5.71. The first kappa shape index (κ1) is 13.2. The molecule has 92 valence electrons. The van der Waals surface area contributed by atoms with Crippen LogP contribution in [0.15, 0.2) is 12.2 Å². The molecule has 0 saturated heterocycles. The van der Waals surface area contributed by atoms with Crippen LogP contribution in [0.5, 0.6) is 0 Å². The number of hydrogen-bond acceptors (Lipinski definition) is 3. The summed E-state index contributed by atoms with van der Waals surface area (Å²) in [7, 11) is 0. The Bertz CT molecular complexity index is 215. The van der Waals surface area contributed by atoms with Crippen molar-refractivity contribution in [1.29, 1.82) is 0 Å². The Labute approximate surface area is 97.5 Å². The zero-order chi connectivity index (χ0) is 11.6. The Kier molecular flexibility index (Phi) is 6.90. The van der Waals surface area contributed by atoms with Crippen LogP contribution in [0.25, 0.3) is 0 Å². The van der Waals surface area contributed by atoms with Crippen molar-refractivity contribution in [2.24, 2.45) is 0 Å². The molecule has 0 unspecified atom stereocenters. The van der Waals surface area contributed by atoms with Crippen molar-refractivity contribution in [2.75, 3.05) is 6.61 Å². The Morgan fingerprint density at radius 3 is 2.50 bits per heavy atom. The summed E-state index contributed by atoms with van der Waals surface area (Å²) < 4.78 is 5.40. The molecule has 1 rings (SSSR count). The number of aliphatic hydroxyl groups excluding tert-OH is 1. The lowest BCUT2D eigenvalue weighted by molar-refractivity contribution is -0.148. The van der Waals surface area contributed by atoms with Crippen LogP contribution in [-0.2, 0) is 9.53 Å². The van der Waals surface area contributed by atoms with Gasteiger partial charge in [0, 0.05) is 6.61 Å². The Hall–Kier alpha value is -0.830. The van der Waals surface area contributed by atoms with E-state index in [9.17, 15) is 4.79 Å². The summed E-state index contributed by atoms with van der Waals surface area (Å²) in [6, 6.07) is 0. The van der Waals surface area contributed by atoms with Crippen LogP contribution in [0.1, 0.15) is 51.4 Å². The molecule has 0 aromatic carbocycles. The van der Waals surface area contributed by atoms with Gasteiger partial charge in [0.1, 0.15) is 6.10 Å². The summed E-state index contributed by atoms with van der Waals surface area (Å²) >= 11 is 0. The van der Waals surface area contributed by atoms with Crippen molar-refractivity contribution in [3.8, 4) is 0 Å². The molecule has 3 nitrogen and oxygen atoms in total. The number of carbonyl (C=O) groups excluding carboxylic acids is 1. The highest BCUT2D eigenvalue weighted by Crippen LogP contribution is 2.20. The maximum atomic E-state index is 11.5. The summed E-state index contributed by atoms with van der Waals surface area (Å²) in [5, 5.41) is 8.56. The molecular formula is C13H22O3. The third kappa shape index (κ3) is 5.91. The van der Waals surface area contributed by atoms with E-state index in [1.165, 1.54) is 25.7 Å². The van der Waals surface area contributed by atoms with E-state index >= 15 is 0 Å². The third-order valence-corrected chi connectivity index (χ3v) is 2.85. The molecule has 0 heterocycles. The molecule has 1 saturated carbocycles. The van der Waals surface area contributed by atoms with Gasteiger partial charge >= 0.3 is 5.97 Å². The van der Waals surface area contributed by atoms with Gasteiger partial charge in [0.05, 0.1) is 6.42 Å². The average molecular weight is 226 g/mol. The summed E-state index contributed by atoms with van der Waals surface area (Å²) in [4.78, 5) is 11.5. The maximum Gasteiger partial charge on any atom is 0.309 e. The quantitative estimate of drug-likeness (QED) is 0.445. The molecule has 1 fully saturated rings. The standard InChI is InChI=1S/C13H22O3/c14-11-7-3-6-10-13(15)16-12-8-4-1-2-5-9-12/h3,6,12,14H,1-2,4-5,7-11H2. The second kappa shape index (κ2) is 8.34. The lowest BCUT2D eigenvalue weighted by atomic mass is 10.1. The fourth-order valence-electron chi connectivity index (χ4n) is 1.97. The SMILES string of the molecule is O=C(CC=CCCO)OC1CCCCCC1. The monoisotopic (exact) mass is 226 g/mol. The minimum Gasteiger partial charge on any atom is -0.462 e. The Morgan fingerprint density at radius 1 is 1.19 bits per heavy atom. The summed E-state index contributed by atoms with van der Waals surface area (Å²) in [6.45, 7) is 0.133. The second-order valence-electron chi connectivity index (χ2n) is 4.29. The number of ether oxygens (including phenoxy) is 1. The van der Waals surface area contributed by atoms with Gasteiger partial charge in [0.15, 0.2) is 0 Å². The highest BCUT2D eigenvalue weighted by atomic mass is 16.5. The van der Waals surface area contributed by atoms with Crippen molar-refractivity contribution >= 4 is 5.97 Å². The van der Waals surface area contributed by atoms with Gasteiger partial charge in [-0.15, -0.1) is 0 Å². The zero-order valence-corrected chi connectivity index (χ0v) is 9.86. The van der Waals surface area contributed by atoms with E-state index in [4.69, 9.17) is 9.84 Å². The van der Waals surface area contributed by atoms with Gasteiger partial charge in [0.25, 0.3) is 0 Å². The van der Waals surface area contributed by atoms with Gasteiger partial charge in [-0.25, -0.2) is 0 Å². The average Bonchev–Trinajstić information content (AvgIpc) is 2.53. The van der Waals surface area contributed by atoms with E-state index in [1.807, 2.05) is 6.08 Å². The number of rotatable bonds is 5. The number of aliphatic hydroxyl groups is 1. The van der Waals surface area contributed by atoms with Crippen LogP contribution in [0, 0.1) is 0 Å². The van der Waals surface area contributed by atoms with Crippen molar-refractivity contribution < 1.29 is 14.6 Å². The van der Waals surface area contributed by atoms with Gasteiger partial charge in [-0.05, 0) is 32.1 Å². The predicted octanol–water partition coefficient (Wildman–Crippen LogP) is 2.58. The van der Waals surface area contributed by atoms with Gasteiger partial charge in [-0.2, -0.15) is 0 Å². The normalized spacial score (nSPS) is 18.6. The van der Waals surface area contributed by atoms with Crippen molar-refractivity contribution in [2.45, 2.75) is 57.5 Å². The molecule has 0 aromatic rings. The summed E-state index contributed by atoms with van der Waals surface area (Å²) in [6.07, 6.45) is 11.6. The van der Waals surface area contributed by atoms with Crippen LogP contribution < -0.4 is 0 Å². The van der Waals surface area contributed by atoms with Crippen LogP contribution in [0.3, 0.4) is 0 Å². The fourth-order valence-corrected chi connectivity index (χ4v) is 1.97. The predicted molar refractivity (Wildman–Crippen MR) is 63.0 cm³/mol. The lowest BCUT2D eigenvalue weighted by Gasteiger charge is -2.14. The van der Waals surface area contributed by atoms with Gasteiger partial charge < -0.3 is 9.84 Å². The van der Waals surface area contributed by atoms with Gasteiger partial charge in [-0.3, -0.25) is 4.79 Å². The van der Waals surface area contributed by atoms with Crippen molar-refractivity contribution in [1.82, 2.24) is 0 Å². The molecule has 0 spiro atoms. The molecule has 1 aliphatic rings. The Balaban J connectivity index is 2.16. The largest absolute Gasteiger partial charge is 0.462 e. The van der Waals surface area contributed by atoms with Crippen molar-refractivity contribution in [3.63, 3.8) is 0 Å². The third-order valence-electron chi connectivity index (χ3n) is 2.85. The second-order valence-corrected chi connectivity index (χ2v) is 4.29. The van der Waals surface area contributed by atoms with Crippen LogP contribution in [0.4, 0.5) is 0 Å². The molecule has 0 bridgehead atoms. The van der Waals surface area contributed by atoms with Crippen LogP contribution in [-0.4, -0.2) is 23.8 Å². The minimum atomic E-state index is -0.138. The molecule has 0 amide bonds. The summed E-state index contributed by atoms with van der Waals surface area (Å²) in [5.74, 6) is -0.138. The van der Waals surface area contributed by atoms with E-state index in [2.05, 4.69) is 0 Å². The zero-order valence-electron chi connectivity index (χ0n) is 9.86. The topological polar surface area (TPSA) is 46.5 Å². The maximum absolute atomic E-state index is 11.5. The molecule has 0 radical (unpaired) electrons. The van der Waals surface area contributed by atoms with Crippen LogP contribution in [0.2, 0.25) is 0 Å². The molecule has 1 N–H and O–H groups in total. The van der Waals surface area contributed by atoms with E-state index in [0.717, 1.165) is 12.8 Å². The Morgan fingerprint density at radius 2 is 1.88 bits per heavy atom. The van der Waals surface area contributed by atoms with E-state index in [0.29, 0.717) is 12.8 Å². The highest BCUT2D eigenvalue weighted by Gasteiger charge is 2.15. The molecule has 3 heteroatoms. The lowest BCUT2D eigenvalue weighted by Crippen LogP contribution is -2.16. The molecule has 0 atom stereocenters. The van der Waals surface area contributed by atoms with Crippen LogP contribution >= 0.6 is 0 Å². The molecular weight excluding hydrogens is 204 g/mol. The molecule has 1 aliphatic carbocycles. The van der Waals surface area contributed by atoms with E-state index in [-0.39, 0.29) is 18.7 Å². The minimum absolute atomic E-state index is 0.133.